The third-order valence-electron chi connectivity index (χ3n) is 1.71. The Balaban J connectivity index is 2.82. The second kappa shape index (κ2) is 4.47. The quantitative estimate of drug-likeness (QED) is 0.695. The minimum absolute atomic E-state index is 0.0293. The summed E-state index contributed by atoms with van der Waals surface area (Å²) in [5, 5.41) is 8.22. The van der Waals surface area contributed by atoms with Crippen molar-refractivity contribution in [1.29, 1.82) is 5.26 Å². The maximum atomic E-state index is 12.7. The maximum absolute atomic E-state index is 12.7. The van der Waals surface area contributed by atoms with Crippen molar-refractivity contribution < 1.29 is 13.6 Å². The zero-order valence-corrected chi connectivity index (χ0v) is 7.26. The van der Waals surface area contributed by atoms with Crippen LogP contribution in [-0.4, -0.2) is 5.78 Å². The highest BCUT2D eigenvalue weighted by Crippen LogP contribution is 2.11. The summed E-state index contributed by atoms with van der Waals surface area (Å²) in [6, 6.07) is 4.75. The molecule has 0 saturated carbocycles. The summed E-state index contributed by atoms with van der Waals surface area (Å²) in [5.41, 5.74) is 0.0964. The lowest BCUT2D eigenvalue weighted by Gasteiger charge is -1.98. The third-order valence-corrected chi connectivity index (χ3v) is 1.71. The molecule has 0 radical (unpaired) electrons. The van der Waals surface area contributed by atoms with Gasteiger partial charge in [-0.25, -0.2) is 8.78 Å². The minimum atomic E-state index is -1.05. The van der Waals surface area contributed by atoms with Gasteiger partial charge in [0, 0.05) is 18.4 Å². The highest BCUT2D eigenvalue weighted by Gasteiger charge is 2.08. The zero-order valence-electron chi connectivity index (χ0n) is 7.26. The van der Waals surface area contributed by atoms with Gasteiger partial charge in [0.15, 0.2) is 17.4 Å². The highest BCUT2D eigenvalue weighted by atomic mass is 19.2. The molecule has 0 N–H and O–H groups in total. The first-order chi connectivity index (χ1) is 6.65. The van der Waals surface area contributed by atoms with Crippen molar-refractivity contribution in [3.05, 3.63) is 35.4 Å². The summed E-state index contributed by atoms with van der Waals surface area (Å²) in [7, 11) is 0. The largest absolute Gasteiger partial charge is 0.294 e. The Hall–Kier alpha value is -1.76. The lowest BCUT2D eigenvalue weighted by molar-refractivity contribution is 0.0983. The average Bonchev–Trinajstić information content (AvgIpc) is 2.18. The van der Waals surface area contributed by atoms with Crippen molar-refractivity contribution in [2.45, 2.75) is 12.8 Å². The van der Waals surface area contributed by atoms with E-state index in [0.29, 0.717) is 0 Å². The molecule has 0 spiro atoms. The number of benzene rings is 1. The number of hydrogen-bond acceptors (Lipinski definition) is 2. The molecule has 72 valence electrons. The Morgan fingerprint density at radius 3 is 2.64 bits per heavy atom. The van der Waals surface area contributed by atoms with Crippen LogP contribution < -0.4 is 0 Å². The Morgan fingerprint density at radius 1 is 1.36 bits per heavy atom. The van der Waals surface area contributed by atoms with E-state index in [2.05, 4.69) is 0 Å². The topological polar surface area (TPSA) is 40.9 Å². The molecule has 0 bridgehead atoms. The highest BCUT2D eigenvalue weighted by molar-refractivity contribution is 5.96. The van der Waals surface area contributed by atoms with Gasteiger partial charge < -0.3 is 0 Å². The fourth-order valence-corrected chi connectivity index (χ4v) is 0.983. The number of nitrogens with zero attached hydrogens (tertiary/aromatic N) is 1. The predicted molar refractivity (Wildman–Crippen MR) is 45.5 cm³/mol. The summed E-state index contributed by atoms with van der Waals surface area (Å²) in [6.07, 6.45) is 0.111. The molecule has 0 aliphatic rings. The maximum Gasteiger partial charge on any atom is 0.164 e. The molecule has 4 heteroatoms. The first-order valence-corrected chi connectivity index (χ1v) is 4.00. The predicted octanol–water partition coefficient (Wildman–Crippen LogP) is 2.45. The molecule has 0 amide bonds. The van der Waals surface area contributed by atoms with Crippen LogP contribution in [0, 0.1) is 23.0 Å². The SMILES string of the molecule is N#CCCC(=O)c1ccc(F)c(F)c1. The van der Waals surface area contributed by atoms with E-state index in [1.54, 1.807) is 6.07 Å². The van der Waals surface area contributed by atoms with Gasteiger partial charge >= 0.3 is 0 Å². The van der Waals surface area contributed by atoms with Crippen molar-refractivity contribution in [3.63, 3.8) is 0 Å². The summed E-state index contributed by atoms with van der Waals surface area (Å²) >= 11 is 0. The van der Waals surface area contributed by atoms with Gasteiger partial charge in [-0.05, 0) is 18.2 Å². The molecule has 14 heavy (non-hydrogen) atoms. The minimum Gasteiger partial charge on any atom is -0.294 e. The smallest absolute Gasteiger partial charge is 0.164 e. The molecule has 0 heterocycles. The van der Waals surface area contributed by atoms with Crippen LogP contribution in [-0.2, 0) is 0 Å². The van der Waals surface area contributed by atoms with Gasteiger partial charge in [0.1, 0.15) is 0 Å². The molecule has 0 aliphatic carbocycles. The Labute approximate surface area is 79.8 Å². The van der Waals surface area contributed by atoms with Crippen LogP contribution in [0.5, 0.6) is 0 Å². The summed E-state index contributed by atoms with van der Waals surface area (Å²) in [6.45, 7) is 0. The van der Waals surface area contributed by atoms with Gasteiger partial charge in [-0.2, -0.15) is 5.26 Å². The van der Waals surface area contributed by atoms with E-state index in [1.165, 1.54) is 6.07 Å². The van der Waals surface area contributed by atoms with Crippen LogP contribution in [0.25, 0.3) is 0 Å². The average molecular weight is 195 g/mol. The van der Waals surface area contributed by atoms with E-state index in [1.807, 2.05) is 0 Å². The van der Waals surface area contributed by atoms with Crippen LogP contribution >= 0.6 is 0 Å². The summed E-state index contributed by atoms with van der Waals surface area (Å²) in [4.78, 5) is 11.2. The first kappa shape index (κ1) is 10.3. The standard InChI is InChI=1S/C10H7F2NO/c11-8-4-3-7(6-9(8)12)10(14)2-1-5-13/h3-4,6H,1-2H2. The Morgan fingerprint density at radius 2 is 2.07 bits per heavy atom. The van der Waals surface area contributed by atoms with Crippen LogP contribution in [0.3, 0.4) is 0 Å². The Bertz CT molecular complexity index is 396. The molecule has 0 fully saturated rings. The van der Waals surface area contributed by atoms with Gasteiger partial charge in [-0.15, -0.1) is 0 Å². The zero-order chi connectivity index (χ0) is 10.6. The van der Waals surface area contributed by atoms with Crippen molar-refractivity contribution >= 4 is 5.78 Å². The molecule has 0 aliphatic heterocycles. The first-order valence-electron chi connectivity index (χ1n) is 4.00. The number of carbonyl (C=O) groups excluding carboxylic acids is 1. The normalized spacial score (nSPS) is 9.50. The van der Waals surface area contributed by atoms with E-state index in [4.69, 9.17) is 5.26 Å². The van der Waals surface area contributed by atoms with Gasteiger partial charge in [-0.3, -0.25) is 4.79 Å². The monoisotopic (exact) mass is 195 g/mol. The molecule has 0 atom stereocenters. The lowest BCUT2D eigenvalue weighted by atomic mass is 10.1. The van der Waals surface area contributed by atoms with Crippen molar-refractivity contribution in [2.75, 3.05) is 0 Å². The van der Waals surface area contributed by atoms with E-state index >= 15 is 0 Å². The molecular weight excluding hydrogens is 188 g/mol. The molecule has 0 unspecified atom stereocenters. The number of ketones is 1. The van der Waals surface area contributed by atoms with Crippen LogP contribution in [0.15, 0.2) is 18.2 Å². The van der Waals surface area contributed by atoms with Crippen LogP contribution in [0.4, 0.5) is 8.78 Å². The van der Waals surface area contributed by atoms with Crippen molar-refractivity contribution in [1.82, 2.24) is 0 Å². The van der Waals surface area contributed by atoms with Gasteiger partial charge in [0.05, 0.1) is 6.07 Å². The summed E-state index contributed by atoms with van der Waals surface area (Å²) < 4.78 is 25.1. The molecule has 1 aromatic carbocycles. The second-order valence-corrected chi connectivity index (χ2v) is 2.71. The molecule has 1 rings (SSSR count). The molecule has 0 aromatic heterocycles. The summed E-state index contributed by atoms with van der Waals surface area (Å²) in [5.74, 6) is -2.39. The van der Waals surface area contributed by atoms with Crippen LogP contribution in [0.2, 0.25) is 0 Å². The van der Waals surface area contributed by atoms with Crippen molar-refractivity contribution in [3.8, 4) is 6.07 Å². The van der Waals surface area contributed by atoms with E-state index in [0.717, 1.165) is 12.1 Å². The fraction of sp³-hybridized carbons (Fsp3) is 0.200. The fourth-order valence-electron chi connectivity index (χ4n) is 0.983. The van der Waals surface area contributed by atoms with Crippen LogP contribution in [0.1, 0.15) is 23.2 Å². The number of rotatable bonds is 3. The molecule has 0 saturated heterocycles. The lowest BCUT2D eigenvalue weighted by Crippen LogP contribution is -1.99. The second-order valence-electron chi connectivity index (χ2n) is 2.71. The van der Waals surface area contributed by atoms with E-state index < -0.39 is 11.6 Å². The van der Waals surface area contributed by atoms with E-state index in [9.17, 15) is 13.6 Å². The third kappa shape index (κ3) is 2.36. The molecular formula is C10H7F2NO. The molecule has 2 nitrogen and oxygen atoms in total. The van der Waals surface area contributed by atoms with Gasteiger partial charge in [-0.1, -0.05) is 0 Å². The Kier molecular flexibility index (Phi) is 3.29. The molecule has 1 aromatic rings. The van der Waals surface area contributed by atoms with Gasteiger partial charge in [0.25, 0.3) is 0 Å². The number of hydrogen-bond donors (Lipinski definition) is 0. The number of halogens is 2. The number of carbonyl (C=O) groups is 1. The number of Topliss-reactive ketones (excluding diaryl/α,β-unsaturated/α-hetero) is 1. The van der Waals surface area contributed by atoms with E-state index in [-0.39, 0.29) is 24.2 Å². The number of nitriles is 1. The van der Waals surface area contributed by atoms with Gasteiger partial charge in [0.2, 0.25) is 0 Å². The van der Waals surface area contributed by atoms with Crippen molar-refractivity contribution in [2.24, 2.45) is 0 Å².